The third kappa shape index (κ3) is 4.70. The summed E-state index contributed by atoms with van der Waals surface area (Å²) >= 11 is 0. The highest BCUT2D eigenvalue weighted by Crippen LogP contribution is 2.35. The number of benzene rings is 1. The van der Waals surface area contributed by atoms with Gasteiger partial charge < -0.3 is 5.11 Å². The lowest BCUT2D eigenvalue weighted by molar-refractivity contribution is 0.229. The fourth-order valence-electron chi connectivity index (χ4n) is 1.31. The number of hydrogen-bond donors (Lipinski definition) is 1. The maximum Gasteiger partial charge on any atom is 0.138 e. The normalized spacial score (nSPS) is 14.0. The molecule has 0 aliphatic carbocycles. The highest BCUT2D eigenvalue weighted by molar-refractivity contribution is 6.87. The summed E-state index contributed by atoms with van der Waals surface area (Å²) in [5.41, 5.74) is 4.29. The molecular formula is C17H24OSi. The molecule has 0 radical (unpaired) electrons. The number of aliphatic hydroxyl groups excluding tert-OH is 1. The summed E-state index contributed by atoms with van der Waals surface area (Å²) in [5, 5.41) is 10.2. The fourth-order valence-corrected chi connectivity index (χ4v) is 2.13. The van der Waals surface area contributed by atoms with E-state index in [0.717, 1.165) is 5.56 Å². The lowest BCUT2D eigenvalue weighted by Crippen LogP contribution is -2.35. The minimum Gasteiger partial charge on any atom is -0.384 e. The van der Waals surface area contributed by atoms with Crippen LogP contribution in [0.4, 0.5) is 0 Å². The van der Waals surface area contributed by atoms with Gasteiger partial charge in [-0.2, -0.15) is 0 Å². The van der Waals surface area contributed by atoms with Gasteiger partial charge in [0.1, 0.15) is 8.07 Å². The molecule has 1 N–H and O–H groups in total. The van der Waals surface area contributed by atoms with Crippen LogP contribution in [0.25, 0.3) is 0 Å². The quantitative estimate of drug-likeness (QED) is 0.627. The lowest BCUT2D eigenvalue weighted by Gasteiger charge is -2.31. The van der Waals surface area contributed by atoms with Crippen LogP contribution in [0.2, 0.25) is 18.1 Å². The summed E-state index contributed by atoms with van der Waals surface area (Å²) in [6.45, 7) is 11.3. The number of aliphatic hydroxyl groups is 1. The average Bonchev–Trinajstić information content (AvgIpc) is 2.34. The molecule has 1 nitrogen and oxygen atoms in total. The van der Waals surface area contributed by atoms with Crippen molar-refractivity contribution in [1.82, 2.24) is 0 Å². The predicted molar refractivity (Wildman–Crippen MR) is 85.5 cm³/mol. The zero-order chi connectivity index (χ0) is 14.5. The molecule has 1 atom stereocenters. The van der Waals surface area contributed by atoms with E-state index < -0.39 is 14.2 Å². The van der Waals surface area contributed by atoms with Crippen LogP contribution < -0.4 is 0 Å². The van der Waals surface area contributed by atoms with E-state index in [9.17, 15) is 5.11 Å². The first-order valence-electron chi connectivity index (χ1n) is 6.66. The molecule has 102 valence electrons. The van der Waals surface area contributed by atoms with E-state index in [1.807, 2.05) is 30.3 Å². The third-order valence-electron chi connectivity index (χ3n) is 3.76. The fraction of sp³-hybridized carbons (Fsp3) is 0.412. The molecule has 2 heteroatoms. The monoisotopic (exact) mass is 272 g/mol. The third-order valence-corrected chi connectivity index (χ3v) is 8.28. The van der Waals surface area contributed by atoms with Gasteiger partial charge in [0.05, 0.1) is 6.10 Å². The van der Waals surface area contributed by atoms with Gasteiger partial charge in [-0.3, -0.25) is 0 Å². The molecule has 0 fully saturated rings. The van der Waals surface area contributed by atoms with Crippen molar-refractivity contribution in [1.29, 1.82) is 0 Å². The molecule has 0 amide bonds. The van der Waals surface area contributed by atoms with Crippen molar-refractivity contribution in [3.05, 3.63) is 48.0 Å². The molecule has 1 unspecified atom stereocenters. The summed E-state index contributed by atoms with van der Waals surface area (Å²) in [5.74, 6) is 3.10. The van der Waals surface area contributed by atoms with Crippen molar-refractivity contribution in [2.45, 2.75) is 45.0 Å². The zero-order valence-corrected chi connectivity index (χ0v) is 13.6. The van der Waals surface area contributed by atoms with Crippen LogP contribution in [-0.4, -0.2) is 13.2 Å². The van der Waals surface area contributed by atoms with E-state index in [1.165, 1.54) is 0 Å². The molecule has 1 aromatic rings. The molecule has 0 saturated heterocycles. The maximum absolute atomic E-state index is 9.97. The van der Waals surface area contributed by atoms with Gasteiger partial charge in [0.2, 0.25) is 0 Å². The van der Waals surface area contributed by atoms with E-state index in [1.54, 1.807) is 12.2 Å². The molecule has 0 bridgehead atoms. The van der Waals surface area contributed by atoms with Gasteiger partial charge in [-0.05, 0) is 22.8 Å². The molecule has 1 rings (SSSR count). The Bertz CT molecular complexity index is 483. The van der Waals surface area contributed by atoms with Crippen molar-refractivity contribution in [3.8, 4) is 11.5 Å². The topological polar surface area (TPSA) is 20.2 Å². The second-order valence-electron chi connectivity index (χ2n) is 6.36. The standard InChI is InChI=1S/C17H24OSi/c1-17(2,3)19(4,5)14-10-9-13-16(18)15-11-7-6-8-12-15/h6-9,11-13,16,18H,1-5H3/b13-9-. The van der Waals surface area contributed by atoms with E-state index in [2.05, 4.69) is 45.3 Å². The van der Waals surface area contributed by atoms with E-state index >= 15 is 0 Å². The molecule has 0 saturated carbocycles. The molecule has 0 heterocycles. The second kappa shape index (κ2) is 6.23. The molecule has 0 aliphatic rings. The van der Waals surface area contributed by atoms with E-state index in [-0.39, 0.29) is 5.04 Å². The summed E-state index contributed by atoms with van der Waals surface area (Å²) in [6.07, 6.45) is 2.95. The van der Waals surface area contributed by atoms with Gasteiger partial charge in [0.25, 0.3) is 0 Å². The lowest BCUT2D eigenvalue weighted by atomic mass is 10.1. The number of rotatable bonds is 2. The predicted octanol–water partition coefficient (Wildman–Crippen LogP) is 4.33. The van der Waals surface area contributed by atoms with Gasteiger partial charge in [-0.1, -0.05) is 70.1 Å². The SMILES string of the molecule is CC(C)(C)[Si](C)(C)C#C/C=C\C(O)c1ccccc1. The van der Waals surface area contributed by atoms with E-state index in [4.69, 9.17) is 0 Å². The van der Waals surface area contributed by atoms with Crippen molar-refractivity contribution < 1.29 is 5.11 Å². The summed E-state index contributed by atoms with van der Waals surface area (Å²) < 4.78 is 0. The van der Waals surface area contributed by atoms with Gasteiger partial charge in [-0.25, -0.2) is 0 Å². The highest BCUT2D eigenvalue weighted by Gasteiger charge is 2.33. The highest BCUT2D eigenvalue weighted by atomic mass is 28.3. The van der Waals surface area contributed by atoms with Crippen LogP contribution in [0, 0.1) is 11.5 Å². The molecule has 0 aromatic heterocycles. The minimum atomic E-state index is -1.55. The van der Waals surface area contributed by atoms with Gasteiger partial charge in [0.15, 0.2) is 0 Å². The van der Waals surface area contributed by atoms with Crippen LogP contribution in [0.15, 0.2) is 42.5 Å². The number of hydrogen-bond acceptors (Lipinski definition) is 1. The zero-order valence-electron chi connectivity index (χ0n) is 12.6. The Morgan fingerprint density at radius 2 is 1.74 bits per heavy atom. The van der Waals surface area contributed by atoms with Crippen LogP contribution in [-0.2, 0) is 0 Å². The maximum atomic E-state index is 9.97. The average molecular weight is 272 g/mol. The Labute approximate surface area is 118 Å². The second-order valence-corrected chi connectivity index (χ2v) is 11.4. The smallest absolute Gasteiger partial charge is 0.138 e. The molecule has 1 aromatic carbocycles. The van der Waals surface area contributed by atoms with Gasteiger partial charge in [0, 0.05) is 0 Å². The first-order chi connectivity index (χ1) is 8.74. The van der Waals surface area contributed by atoms with Gasteiger partial charge in [-0.15, -0.1) is 5.54 Å². The summed E-state index contributed by atoms with van der Waals surface area (Å²) in [4.78, 5) is 0. The van der Waals surface area contributed by atoms with Crippen LogP contribution in [0.5, 0.6) is 0 Å². The molecule has 19 heavy (non-hydrogen) atoms. The van der Waals surface area contributed by atoms with Crippen LogP contribution in [0.3, 0.4) is 0 Å². The molecular weight excluding hydrogens is 248 g/mol. The molecule has 0 spiro atoms. The Morgan fingerprint density at radius 1 is 1.16 bits per heavy atom. The summed E-state index contributed by atoms with van der Waals surface area (Å²) in [6, 6.07) is 9.62. The van der Waals surface area contributed by atoms with Crippen molar-refractivity contribution in [2.75, 3.05) is 0 Å². The van der Waals surface area contributed by atoms with Crippen molar-refractivity contribution >= 4 is 8.07 Å². The largest absolute Gasteiger partial charge is 0.384 e. The van der Waals surface area contributed by atoms with Crippen LogP contribution >= 0.6 is 0 Å². The van der Waals surface area contributed by atoms with Gasteiger partial charge >= 0.3 is 0 Å². The Morgan fingerprint density at radius 3 is 2.26 bits per heavy atom. The first-order valence-corrected chi connectivity index (χ1v) is 9.66. The molecule has 0 aliphatic heterocycles. The Kier molecular flexibility index (Phi) is 5.17. The first kappa shape index (κ1) is 15.8. The minimum absolute atomic E-state index is 0.270. The summed E-state index contributed by atoms with van der Waals surface area (Å²) in [7, 11) is -1.55. The van der Waals surface area contributed by atoms with Crippen LogP contribution in [0.1, 0.15) is 32.4 Å². The van der Waals surface area contributed by atoms with Crippen molar-refractivity contribution in [3.63, 3.8) is 0 Å². The van der Waals surface area contributed by atoms with Crippen molar-refractivity contribution in [2.24, 2.45) is 0 Å². The number of allylic oxidation sites excluding steroid dienone is 1. The Balaban J connectivity index is 2.71. The van der Waals surface area contributed by atoms with E-state index in [0.29, 0.717) is 0 Å². The Hall–Kier alpha value is -1.30.